The Labute approximate surface area is 143 Å². The lowest BCUT2D eigenvalue weighted by Crippen LogP contribution is -2.14. The quantitative estimate of drug-likeness (QED) is 0.726. The first-order valence-corrected chi connectivity index (χ1v) is 8.72. The second-order valence-electron chi connectivity index (χ2n) is 4.88. The van der Waals surface area contributed by atoms with Gasteiger partial charge in [-0.1, -0.05) is 60.4 Å². The van der Waals surface area contributed by atoms with Crippen molar-refractivity contribution in [1.82, 2.24) is 10.2 Å². The van der Waals surface area contributed by atoms with Crippen molar-refractivity contribution in [3.63, 3.8) is 0 Å². The van der Waals surface area contributed by atoms with Gasteiger partial charge in [-0.25, -0.2) is 0 Å². The van der Waals surface area contributed by atoms with Gasteiger partial charge in [-0.3, -0.25) is 4.79 Å². The predicted octanol–water partition coefficient (Wildman–Crippen LogP) is 4.76. The van der Waals surface area contributed by atoms with E-state index in [1.54, 1.807) is 18.2 Å². The van der Waals surface area contributed by atoms with Crippen LogP contribution in [0.4, 0.5) is 5.13 Å². The second kappa shape index (κ2) is 8.46. The highest BCUT2D eigenvalue weighted by molar-refractivity contribution is 7.15. The number of unbranched alkanes of at least 4 members (excludes halogenated alkanes) is 2. The minimum Gasteiger partial charge on any atom is -0.300 e. The highest BCUT2D eigenvalue weighted by atomic mass is 35.5. The summed E-state index contributed by atoms with van der Waals surface area (Å²) in [6.07, 6.45) is 4.45. The molecule has 1 heterocycles. The van der Waals surface area contributed by atoms with Crippen LogP contribution in [0.5, 0.6) is 0 Å². The summed E-state index contributed by atoms with van der Waals surface area (Å²) >= 11 is 13.5. The van der Waals surface area contributed by atoms with Gasteiger partial charge in [0.05, 0.1) is 6.42 Å². The number of aromatic nitrogens is 2. The summed E-state index contributed by atoms with van der Waals surface area (Å²) in [6, 6.07) is 5.18. The van der Waals surface area contributed by atoms with E-state index in [0.717, 1.165) is 17.8 Å². The number of nitrogens with one attached hydrogen (secondary N) is 1. The molecule has 2 rings (SSSR count). The van der Waals surface area contributed by atoms with Crippen LogP contribution in [0.25, 0.3) is 0 Å². The lowest BCUT2D eigenvalue weighted by atomic mass is 10.1. The van der Waals surface area contributed by atoms with Crippen molar-refractivity contribution in [2.24, 2.45) is 0 Å². The maximum atomic E-state index is 12.1. The number of nitrogens with zero attached hydrogens (tertiary/aromatic N) is 2. The lowest BCUT2D eigenvalue weighted by molar-refractivity contribution is -0.115. The zero-order valence-electron chi connectivity index (χ0n) is 12.2. The molecule has 0 fully saturated rings. The molecule has 7 heteroatoms. The minimum atomic E-state index is -0.203. The summed E-state index contributed by atoms with van der Waals surface area (Å²) in [6.45, 7) is 2.16. The number of carbonyl (C=O) groups excluding carboxylic acids is 1. The summed E-state index contributed by atoms with van der Waals surface area (Å²) in [7, 11) is 0. The van der Waals surface area contributed by atoms with E-state index in [1.807, 2.05) is 0 Å². The van der Waals surface area contributed by atoms with Crippen molar-refractivity contribution in [3.05, 3.63) is 38.8 Å². The Hall–Kier alpha value is -1.17. The molecular formula is C15H17Cl2N3OS. The van der Waals surface area contributed by atoms with Crippen LogP contribution in [0.3, 0.4) is 0 Å². The summed E-state index contributed by atoms with van der Waals surface area (Å²) in [4.78, 5) is 12.1. The molecule has 118 valence electrons. The summed E-state index contributed by atoms with van der Waals surface area (Å²) in [5.74, 6) is -0.203. The van der Waals surface area contributed by atoms with Crippen molar-refractivity contribution in [2.75, 3.05) is 5.32 Å². The fourth-order valence-corrected chi connectivity index (χ4v) is 3.29. The standard InChI is InChI=1S/C15H17Cl2N3OS/c1-2-3-4-8-14-19-20-15(22-14)18-13(21)9-10-11(16)6-5-7-12(10)17/h5-7H,2-4,8-9H2,1H3,(H,18,20,21). The Balaban J connectivity index is 1.92. The molecular weight excluding hydrogens is 341 g/mol. The van der Waals surface area contributed by atoms with Gasteiger partial charge in [0.2, 0.25) is 11.0 Å². The monoisotopic (exact) mass is 357 g/mol. The zero-order valence-corrected chi connectivity index (χ0v) is 14.6. The number of hydrogen-bond donors (Lipinski definition) is 1. The normalized spacial score (nSPS) is 10.7. The van der Waals surface area contributed by atoms with Gasteiger partial charge in [-0.05, 0) is 24.1 Å². The molecule has 0 bridgehead atoms. The first-order chi connectivity index (χ1) is 10.6. The van der Waals surface area contributed by atoms with E-state index in [2.05, 4.69) is 22.4 Å². The van der Waals surface area contributed by atoms with Crippen molar-refractivity contribution in [2.45, 2.75) is 39.0 Å². The molecule has 0 atom stereocenters. The molecule has 0 spiro atoms. The number of halogens is 2. The maximum absolute atomic E-state index is 12.1. The predicted molar refractivity (Wildman–Crippen MR) is 91.9 cm³/mol. The third kappa shape index (κ3) is 4.93. The molecule has 1 N–H and O–H groups in total. The molecule has 22 heavy (non-hydrogen) atoms. The lowest BCUT2D eigenvalue weighted by Gasteiger charge is -2.06. The number of hydrogen-bond acceptors (Lipinski definition) is 4. The maximum Gasteiger partial charge on any atom is 0.230 e. The Morgan fingerprint density at radius 1 is 1.23 bits per heavy atom. The minimum absolute atomic E-state index is 0.114. The molecule has 0 radical (unpaired) electrons. The Morgan fingerprint density at radius 3 is 2.64 bits per heavy atom. The molecule has 1 aromatic carbocycles. The van der Waals surface area contributed by atoms with E-state index in [1.165, 1.54) is 24.2 Å². The molecule has 0 aliphatic heterocycles. The number of aryl methyl sites for hydroxylation is 1. The van der Waals surface area contributed by atoms with Crippen LogP contribution in [0, 0.1) is 0 Å². The Bertz CT molecular complexity index is 625. The number of benzene rings is 1. The molecule has 1 aromatic heterocycles. The Kier molecular flexibility index (Phi) is 6.61. The first kappa shape index (κ1) is 17.2. The fraction of sp³-hybridized carbons (Fsp3) is 0.400. The summed E-state index contributed by atoms with van der Waals surface area (Å²) < 4.78 is 0. The highest BCUT2D eigenvalue weighted by Crippen LogP contribution is 2.25. The van der Waals surface area contributed by atoms with Crippen molar-refractivity contribution >= 4 is 45.6 Å². The van der Waals surface area contributed by atoms with E-state index in [4.69, 9.17) is 23.2 Å². The number of carbonyl (C=O) groups is 1. The molecule has 0 saturated heterocycles. The van der Waals surface area contributed by atoms with Crippen LogP contribution in [-0.2, 0) is 17.6 Å². The van der Waals surface area contributed by atoms with Gasteiger partial charge in [0.1, 0.15) is 5.01 Å². The first-order valence-electron chi connectivity index (χ1n) is 7.15. The molecule has 4 nitrogen and oxygen atoms in total. The van der Waals surface area contributed by atoms with Crippen molar-refractivity contribution in [1.29, 1.82) is 0 Å². The molecule has 0 aliphatic carbocycles. The average Bonchev–Trinajstić information content (AvgIpc) is 2.91. The fourth-order valence-electron chi connectivity index (χ4n) is 1.96. The van der Waals surface area contributed by atoms with E-state index in [0.29, 0.717) is 20.7 Å². The summed E-state index contributed by atoms with van der Waals surface area (Å²) in [5.41, 5.74) is 0.621. The van der Waals surface area contributed by atoms with E-state index >= 15 is 0 Å². The second-order valence-corrected chi connectivity index (χ2v) is 6.76. The molecule has 0 aliphatic rings. The van der Waals surface area contributed by atoms with Gasteiger partial charge < -0.3 is 5.32 Å². The third-order valence-electron chi connectivity index (χ3n) is 3.11. The van der Waals surface area contributed by atoms with E-state index in [-0.39, 0.29) is 12.3 Å². The van der Waals surface area contributed by atoms with Gasteiger partial charge in [0.15, 0.2) is 0 Å². The van der Waals surface area contributed by atoms with Gasteiger partial charge in [-0.15, -0.1) is 10.2 Å². The molecule has 1 amide bonds. The SMILES string of the molecule is CCCCCc1nnc(NC(=O)Cc2c(Cl)cccc2Cl)s1. The van der Waals surface area contributed by atoms with Crippen molar-refractivity contribution < 1.29 is 4.79 Å². The number of anilines is 1. The van der Waals surface area contributed by atoms with Gasteiger partial charge >= 0.3 is 0 Å². The van der Waals surface area contributed by atoms with Crippen molar-refractivity contribution in [3.8, 4) is 0 Å². The summed E-state index contributed by atoms with van der Waals surface area (Å²) in [5, 5.41) is 13.3. The average molecular weight is 358 g/mol. The van der Waals surface area contributed by atoms with Crippen LogP contribution in [-0.4, -0.2) is 16.1 Å². The van der Waals surface area contributed by atoms with Crippen LogP contribution < -0.4 is 5.32 Å². The van der Waals surface area contributed by atoms with E-state index < -0.39 is 0 Å². The molecule has 2 aromatic rings. The van der Waals surface area contributed by atoms with Gasteiger partial charge in [0, 0.05) is 16.5 Å². The highest BCUT2D eigenvalue weighted by Gasteiger charge is 2.13. The van der Waals surface area contributed by atoms with E-state index in [9.17, 15) is 4.79 Å². The molecule has 0 unspecified atom stereocenters. The number of rotatable bonds is 7. The van der Waals surface area contributed by atoms with Crippen LogP contribution in [0.1, 0.15) is 36.8 Å². The van der Waals surface area contributed by atoms with Crippen LogP contribution >= 0.6 is 34.5 Å². The topological polar surface area (TPSA) is 54.9 Å². The smallest absolute Gasteiger partial charge is 0.230 e. The Morgan fingerprint density at radius 2 is 1.95 bits per heavy atom. The number of amides is 1. The molecule has 0 saturated carbocycles. The van der Waals surface area contributed by atoms with Crippen LogP contribution in [0.15, 0.2) is 18.2 Å². The zero-order chi connectivity index (χ0) is 15.9. The van der Waals surface area contributed by atoms with Gasteiger partial charge in [0.25, 0.3) is 0 Å². The third-order valence-corrected chi connectivity index (χ3v) is 4.71. The van der Waals surface area contributed by atoms with Crippen LogP contribution in [0.2, 0.25) is 10.0 Å². The largest absolute Gasteiger partial charge is 0.300 e. The van der Waals surface area contributed by atoms with Gasteiger partial charge in [-0.2, -0.15) is 0 Å².